The predicted octanol–water partition coefficient (Wildman–Crippen LogP) is 3.56. The summed E-state index contributed by atoms with van der Waals surface area (Å²) in [6, 6.07) is 15.5. The lowest BCUT2D eigenvalue weighted by Gasteiger charge is -2.27. The van der Waals surface area contributed by atoms with Crippen LogP contribution in [0.15, 0.2) is 48.5 Å². The number of nitrogens with one attached hydrogen (secondary N) is 1. The first-order valence-corrected chi connectivity index (χ1v) is 10.5. The maximum absolute atomic E-state index is 12.3. The molecule has 0 bridgehead atoms. The number of aliphatic hydroxyl groups is 1. The molecule has 1 aliphatic heterocycles. The molecule has 0 aromatic heterocycles. The molecule has 0 aliphatic carbocycles. The van der Waals surface area contributed by atoms with Crippen LogP contribution in [0.25, 0.3) is 0 Å². The van der Waals surface area contributed by atoms with Crippen LogP contribution in [0.4, 0.5) is 0 Å². The Labute approximate surface area is 177 Å². The molecule has 3 rings (SSSR count). The molecule has 1 heterocycles. The van der Waals surface area contributed by atoms with E-state index < -0.39 is 5.60 Å². The van der Waals surface area contributed by atoms with Crippen molar-refractivity contribution in [3.63, 3.8) is 0 Å². The molecule has 29 heavy (non-hydrogen) atoms. The van der Waals surface area contributed by atoms with Crippen LogP contribution in [0.2, 0.25) is 5.02 Å². The quantitative estimate of drug-likeness (QED) is 0.724. The molecule has 0 spiro atoms. The molecule has 0 saturated carbocycles. The Morgan fingerprint density at radius 2 is 2.00 bits per heavy atom. The number of carbonyl (C=O) groups excluding carboxylic acids is 1. The number of hydrogen-bond acceptors (Lipinski definition) is 4. The first-order valence-electron chi connectivity index (χ1n) is 10.1. The zero-order valence-corrected chi connectivity index (χ0v) is 17.6. The Hall–Kier alpha value is -2.08. The molecule has 1 atom stereocenters. The van der Waals surface area contributed by atoms with Gasteiger partial charge in [0.1, 0.15) is 12.4 Å². The van der Waals surface area contributed by atoms with E-state index in [4.69, 9.17) is 16.3 Å². The number of carbonyl (C=O) groups is 1. The van der Waals surface area contributed by atoms with Crippen molar-refractivity contribution in [3.8, 4) is 5.75 Å². The van der Waals surface area contributed by atoms with Crippen LogP contribution in [0.5, 0.6) is 5.75 Å². The highest BCUT2D eigenvalue weighted by atomic mass is 35.5. The molecule has 1 fully saturated rings. The average molecular weight is 417 g/mol. The number of hydrogen-bond donors (Lipinski definition) is 2. The van der Waals surface area contributed by atoms with Gasteiger partial charge in [-0.3, -0.25) is 9.69 Å². The SMILES string of the molecule is Cc1ccc(Cl)c(OCC2(O)CCCN(CC(=O)NCc3ccccc3)CC2)c1. The second kappa shape index (κ2) is 10.1. The van der Waals surface area contributed by atoms with Crippen LogP contribution in [-0.2, 0) is 11.3 Å². The molecule has 6 heteroatoms. The van der Waals surface area contributed by atoms with Crippen molar-refractivity contribution in [1.82, 2.24) is 10.2 Å². The number of likely N-dealkylation sites (tertiary alicyclic amines) is 1. The topological polar surface area (TPSA) is 61.8 Å². The van der Waals surface area contributed by atoms with Crippen LogP contribution in [0.1, 0.15) is 30.4 Å². The molecule has 2 aromatic carbocycles. The summed E-state index contributed by atoms with van der Waals surface area (Å²) in [5, 5.41) is 14.5. The number of amides is 1. The maximum atomic E-state index is 12.3. The van der Waals surface area contributed by atoms with Gasteiger partial charge < -0.3 is 15.2 Å². The van der Waals surface area contributed by atoms with Gasteiger partial charge in [-0.15, -0.1) is 0 Å². The molecule has 1 aliphatic rings. The van der Waals surface area contributed by atoms with Crippen molar-refractivity contribution in [3.05, 3.63) is 64.7 Å². The molecular weight excluding hydrogens is 388 g/mol. The predicted molar refractivity (Wildman–Crippen MR) is 115 cm³/mol. The fraction of sp³-hybridized carbons (Fsp3) is 0.435. The van der Waals surface area contributed by atoms with Crippen LogP contribution in [-0.4, -0.2) is 47.8 Å². The molecule has 0 radical (unpaired) electrons. The normalized spacial score (nSPS) is 20.1. The van der Waals surface area contributed by atoms with Crippen molar-refractivity contribution in [2.45, 2.75) is 38.3 Å². The lowest BCUT2D eigenvalue weighted by Crippen LogP contribution is -2.40. The Morgan fingerprint density at radius 3 is 2.79 bits per heavy atom. The van der Waals surface area contributed by atoms with Crippen molar-refractivity contribution in [1.29, 1.82) is 0 Å². The van der Waals surface area contributed by atoms with Gasteiger partial charge in [-0.1, -0.05) is 48.0 Å². The largest absolute Gasteiger partial charge is 0.489 e. The summed E-state index contributed by atoms with van der Waals surface area (Å²) in [4.78, 5) is 14.4. The second-order valence-corrected chi connectivity index (χ2v) is 8.25. The van der Waals surface area contributed by atoms with E-state index in [1.807, 2.05) is 49.4 Å². The number of nitrogens with zero attached hydrogens (tertiary/aromatic N) is 1. The fourth-order valence-electron chi connectivity index (χ4n) is 3.53. The molecule has 5 nitrogen and oxygen atoms in total. The number of aryl methyl sites for hydroxylation is 1. The number of halogens is 1. The smallest absolute Gasteiger partial charge is 0.234 e. The van der Waals surface area contributed by atoms with E-state index in [2.05, 4.69) is 10.2 Å². The summed E-state index contributed by atoms with van der Waals surface area (Å²) in [5.41, 5.74) is 1.23. The van der Waals surface area contributed by atoms with Crippen molar-refractivity contribution in [2.24, 2.45) is 0 Å². The van der Waals surface area contributed by atoms with Gasteiger partial charge in [0.05, 0.1) is 17.2 Å². The third-order valence-corrected chi connectivity index (χ3v) is 5.60. The van der Waals surface area contributed by atoms with E-state index >= 15 is 0 Å². The highest BCUT2D eigenvalue weighted by molar-refractivity contribution is 6.32. The van der Waals surface area contributed by atoms with E-state index in [1.54, 1.807) is 6.07 Å². The molecule has 1 amide bonds. The van der Waals surface area contributed by atoms with Gasteiger partial charge in [0.2, 0.25) is 5.91 Å². The molecule has 156 valence electrons. The first-order chi connectivity index (χ1) is 13.9. The minimum atomic E-state index is -0.914. The minimum absolute atomic E-state index is 0.00193. The maximum Gasteiger partial charge on any atom is 0.234 e. The Balaban J connectivity index is 1.46. The lowest BCUT2D eigenvalue weighted by molar-refractivity contribution is -0.122. The third kappa shape index (κ3) is 6.74. The average Bonchev–Trinajstić information content (AvgIpc) is 2.90. The second-order valence-electron chi connectivity index (χ2n) is 7.84. The Kier molecular flexibility index (Phi) is 7.53. The molecule has 2 N–H and O–H groups in total. The monoisotopic (exact) mass is 416 g/mol. The molecule has 2 aromatic rings. The third-order valence-electron chi connectivity index (χ3n) is 5.29. The van der Waals surface area contributed by atoms with E-state index in [1.165, 1.54) is 0 Å². The van der Waals surface area contributed by atoms with Gasteiger partial charge in [0.15, 0.2) is 0 Å². The Morgan fingerprint density at radius 1 is 1.21 bits per heavy atom. The highest BCUT2D eigenvalue weighted by Crippen LogP contribution is 2.28. The standard InChI is InChI=1S/C23H29ClN2O3/c1-18-8-9-20(24)21(14-18)29-17-23(28)10-5-12-26(13-11-23)16-22(27)25-15-19-6-3-2-4-7-19/h2-4,6-9,14,28H,5,10-13,15-17H2,1H3,(H,25,27). The number of rotatable bonds is 7. The van der Waals surface area contributed by atoms with E-state index in [9.17, 15) is 9.90 Å². The summed E-state index contributed by atoms with van der Waals surface area (Å²) >= 11 is 6.19. The van der Waals surface area contributed by atoms with Gasteiger partial charge in [-0.05, 0) is 56.0 Å². The molecular formula is C23H29ClN2O3. The van der Waals surface area contributed by atoms with Gasteiger partial charge in [0, 0.05) is 13.1 Å². The zero-order valence-electron chi connectivity index (χ0n) is 16.9. The van der Waals surface area contributed by atoms with Gasteiger partial charge in [-0.2, -0.15) is 0 Å². The summed E-state index contributed by atoms with van der Waals surface area (Å²) in [7, 11) is 0. The summed E-state index contributed by atoms with van der Waals surface area (Å²) in [6.07, 6.45) is 2.01. The van der Waals surface area contributed by atoms with Gasteiger partial charge in [0.25, 0.3) is 0 Å². The molecule has 1 saturated heterocycles. The van der Waals surface area contributed by atoms with E-state index in [0.29, 0.717) is 43.2 Å². The Bertz CT molecular complexity index is 815. The highest BCUT2D eigenvalue weighted by Gasteiger charge is 2.31. The summed E-state index contributed by atoms with van der Waals surface area (Å²) in [5.74, 6) is 0.601. The van der Waals surface area contributed by atoms with E-state index in [0.717, 1.165) is 24.1 Å². The van der Waals surface area contributed by atoms with Crippen molar-refractivity contribution < 1.29 is 14.6 Å². The minimum Gasteiger partial charge on any atom is -0.489 e. The zero-order chi connectivity index (χ0) is 20.7. The summed E-state index contributed by atoms with van der Waals surface area (Å²) < 4.78 is 5.84. The summed E-state index contributed by atoms with van der Waals surface area (Å²) in [6.45, 7) is 4.48. The van der Waals surface area contributed by atoms with Crippen LogP contribution < -0.4 is 10.1 Å². The van der Waals surface area contributed by atoms with E-state index in [-0.39, 0.29) is 12.5 Å². The lowest BCUT2D eigenvalue weighted by atomic mass is 9.96. The van der Waals surface area contributed by atoms with Crippen LogP contribution >= 0.6 is 11.6 Å². The van der Waals surface area contributed by atoms with Gasteiger partial charge >= 0.3 is 0 Å². The molecule has 1 unspecified atom stereocenters. The van der Waals surface area contributed by atoms with Crippen LogP contribution in [0, 0.1) is 6.92 Å². The van der Waals surface area contributed by atoms with Gasteiger partial charge in [-0.25, -0.2) is 0 Å². The van der Waals surface area contributed by atoms with Crippen molar-refractivity contribution >= 4 is 17.5 Å². The number of benzene rings is 2. The van der Waals surface area contributed by atoms with Crippen molar-refractivity contribution in [2.75, 3.05) is 26.2 Å². The number of ether oxygens (including phenoxy) is 1. The van der Waals surface area contributed by atoms with Crippen LogP contribution in [0.3, 0.4) is 0 Å². The fourth-order valence-corrected chi connectivity index (χ4v) is 3.70. The first kappa shape index (κ1) is 21.6.